The van der Waals surface area contributed by atoms with E-state index in [1.807, 2.05) is 0 Å². The van der Waals surface area contributed by atoms with E-state index in [1.54, 1.807) is 18.2 Å². The number of aliphatic hydroxyl groups excluding tert-OH is 1. The van der Waals surface area contributed by atoms with Crippen LogP contribution in [0.1, 0.15) is 17.2 Å². The zero-order valence-electron chi connectivity index (χ0n) is 10.0. The highest BCUT2D eigenvalue weighted by atomic mass is 35.5. The minimum Gasteiger partial charge on any atom is -0.497 e. The van der Waals surface area contributed by atoms with Gasteiger partial charge in [0.1, 0.15) is 11.9 Å². The Morgan fingerprint density at radius 1 is 1.11 bits per heavy atom. The van der Waals surface area contributed by atoms with Crippen molar-refractivity contribution in [1.82, 2.24) is 0 Å². The Balaban J connectivity index is 2.38. The molecule has 0 bridgehead atoms. The first-order valence-electron chi connectivity index (χ1n) is 5.49. The van der Waals surface area contributed by atoms with Crippen molar-refractivity contribution in [3.05, 3.63) is 64.2 Å². The summed E-state index contributed by atoms with van der Waals surface area (Å²) in [6.45, 7) is 0. The van der Waals surface area contributed by atoms with Crippen LogP contribution in [0.2, 0.25) is 5.02 Å². The third-order valence-electron chi connectivity index (χ3n) is 2.76. The monoisotopic (exact) mass is 284 g/mol. The Bertz CT molecular complexity index is 602. The minimum atomic E-state index is -1.13. The van der Waals surface area contributed by atoms with Crippen LogP contribution in [0.3, 0.4) is 0 Å². The Labute approximate surface area is 114 Å². The van der Waals surface area contributed by atoms with E-state index in [0.717, 1.165) is 12.1 Å². The Morgan fingerprint density at radius 2 is 1.84 bits per heavy atom. The van der Waals surface area contributed by atoms with Crippen LogP contribution < -0.4 is 4.74 Å². The predicted molar refractivity (Wildman–Crippen MR) is 68.4 cm³/mol. The molecule has 0 saturated carbocycles. The summed E-state index contributed by atoms with van der Waals surface area (Å²) in [5.41, 5.74) is 0.624. The van der Waals surface area contributed by atoms with Gasteiger partial charge in [-0.2, -0.15) is 0 Å². The van der Waals surface area contributed by atoms with Crippen LogP contribution in [-0.4, -0.2) is 12.2 Å². The van der Waals surface area contributed by atoms with Gasteiger partial charge in [-0.25, -0.2) is 8.78 Å². The standard InChI is InChI=1S/C14H11ClF2O2/c1-19-9-3-4-10(11(15)7-9)14(18)8-2-5-12(16)13(17)6-8/h2-7,14,18H,1H3. The average molecular weight is 285 g/mol. The SMILES string of the molecule is COc1ccc(C(O)c2ccc(F)c(F)c2)c(Cl)c1. The second-order valence-electron chi connectivity index (χ2n) is 3.96. The van der Waals surface area contributed by atoms with Gasteiger partial charge in [0, 0.05) is 5.56 Å². The molecule has 0 spiro atoms. The van der Waals surface area contributed by atoms with E-state index in [2.05, 4.69) is 0 Å². The summed E-state index contributed by atoms with van der Waals surface area (Å²) in [4.78, 5) is 0. The molecule has 2 rings (SSSR count). The molecule has 0 radical (unpaired) electrons. The summed E-state index contributed by atoms with van der Waals surface area (Å²) in [5, 5.41) is 10.4. The summed E-state index contributed by atoms with van der Waals surface area (Å²) in [5.74, 6) is -1.43. The number of ether oxygens (including phenoxy) is 1. The second-order valence-corrected chi connectivity index (χ2v) is 4.37. The van der Waals surface area contributed by atoms with E-state index in [0.29, 0.717) is 11.3 Å². The molecule has 0 aliphatic heterocycles. The van der Waals surface area contributed by atoms with Crippen molar-refractivity contribution in [2.45, 2.75) is 6.10 Å². The molecule has 19 heavy (non-hydrogen) atoms. The van der Waals surface area contributed by atoms with Crippen molar-refractivity contribution in [1.29, 1.82) is 0 Å². The van der Waals surface area contributed by atoms with Crippen molar-refractivity contribution >= 4 is 11.6 Å². The maximum atomic E-state index is 13.1. The zero-order valence-corrected chi connectivity index (χ0v) is 10.8. The van der Waals surface area contributed by atoms with Gasteiger partial charge in [-0.3, -0.25) is 0 Å². The third-order valence-corrected chi connectivity index (χ3v) is 3.09. The molecule has 1 unspecified atom stereocenters. The summed E-state index contributed by atoms with van der Waals surface area (Å²) in [7, 11) is 1.50. The van der Waals surface area contributed by atoms with Gasteiger partial charge < -0.3 is 9.84 Å². The van der Waals surface area contributed by atoms with Crippen LogP contribution in [0.15, 0.2) is 36.4 Å². The molecule has 2 aromatic rings. The maximum Gasteiger partial charge on any atom is 0.159 e. The fourth-order valence-electron chi connectivity index (χ4n) is 1.72. The van der Waals surface area contributed by atoms with Crippen LogP contribution >= 0.6 is 11.6 Å². The number of hydrogen-bond acceptors (Lipinski definition) is 2. The van der Waals surface area contributed by atoms with Crippen LogP contribution in [0.5, 0.6) is 5.75 Å². The van der Waals surface area contributed by atoms with Crippen molar-refractivity contribution < 1.29 is 18.6 Å². The van der Waals surface area contributed by atoms with Crippen molar-refractivity contribution in [2.24, 2.45) is 0 Å². The number of aliphatic hydroxyl groups is 1. The molecule has 1 N–H and O–H groups in total. The van der Waals surface area contributed by atoms with Gasteiger partial charge in [-0.05, 0) is 29.8 Å². The van der Waals surface area contributed by atoms with Gasteiger partial charge in [-0.15, -0.1) is 0 Å². The molecule has 0 fully saturated rings. The molecular weight excluding hydrogens is 274 g/mol. The molecule has 0 amide bonds. The number of benzene rings is 2. The molecule has 100 valence electrons. The Kier molecular flexibility index (Phi) is 4.02. The lowest BCUT2D eigenvalue weighted by atomic mass is 10.0. The summed E-state index contributed by atoms with van der Waals surface area (Å²) in [6, 6.07) is 7.97. The lowest BCUT2D eigenvalue weighted by Crippen LogP contribution is -2.02. The molecule has 0 saturated heterocycles. The molecular formula is C14H11ClF2O2. The molecule has 1 atom stereocenters. The van der Waals surface area contributed by atoms with E-state index < -0.39 is 17.7 Å². The van der Waals surface area contributed by atoms with Crippen molar-refractivity contribution in [2.75, 3.05) is 7.11 Å². The van der Waals surface area contributed by atoms with Crippen molar-refractivity contribution in [3.63, 3.8) is 0 Å². The predicted octanol–water partition coefficient (Wildman–Crippen LogP) is 3.71. The van der Waals surface area contributed by atoms with E-state index in [4.69, 9.17) is 16.3 Å². The smallest absolute Gasteiger partial charge is 0.159 e. The van der Waals surface area contributed by atoms with E-state index >= 15 is 0 Å². The van der Waals surface area contributed by atoms with Gasteiger partial charge in [0.25, 0.3) is 0 Å². The van der Waals surface area contributed by atoms with Crippen LogP contribution in [0.4, 0.5) is 8.78 Å². The highest BCUT2D eigenvalue weighted by Gasteiger charge is 2.16. The number of rotatable bonds is 3. The van der Waals surface area contributed by atoms with Gasteiger partial charge >= 0.3 is 0 Å². The first kappa shape index (κ1) is 13.8. The minimum absolute atomic E-state index is 0.228. The highest BCUT2D eigenvalue weighted by Crippen LogP contribution is 2.31. The van der Waals surface area contributed by atoms with Gasteiger partial charge in [0.05, 0.1) is 12.1 Å². The molecule has 0 aromatic heterocycles. The van der Waals surface area contributed by atoms with Crippen LogP contribution in [-0.2, 0) is 0 Å². The first-order valence-corrected chi connectivity index (χ1v) is 5.87. The molecule has 2 aromatic carbocycles. The zero-order chi connectivity index (χ0) is 14.0. The van der Waals surface area contributed by atoms with E-state index in [1.165, 1.54) is 13.2 Å². The molecule has 0 heterocycles. The average Bonchev–Trinajstić information content (AvgIpc) is 2.41. The van der Waals surface area contributed by atoms with E-state index in [-0.39, 0.29) is 10.6 Å². The largest absolute Gasteiger partial charge is 0.497 e. The fourth-order valence-corrected chi connectivity index (χ4v) is 1.99. The Morgan fingerprint density at radius 3 is 2.42 bits per heavy atom. The number of halogens is 3. The molecule has 5 heteroatoms. The van der Waals surface area contributed by atoms with Gasteiger partial charge in [0.15, 0.2) is 11.6 Å². The maximum absolute atomic E-state index is 13.1. The van der Waals surface area contributed by atoms with Crippen molar-refractivity contribution in [3.8, 4) is 5.75 Å². The summed E-state index contributed by atoms with van der Waals surface area (Å²) in [6.07, 6.45) is -1.13. The van der Waals surface area contributed by atoms with Crippen LogP contribution in [0.25, 0.3) is 0 Å². The third kappa shape index (κ3) is 2.85. The summed E-state index contributed by atoms with van der Waals surface area (Å²) < 4.78 is 31.0. The van der Waals surface area contributed by atoms with Gasteiger partial charge in [0.2, 0.25) is 0 Å². The van der Waals surface area contributed by atoms with Crippen LogP contribution in [0, 0.1) is 11.6 Å². The first-order chi connectivity index (χ1) is 9.02. The normalized spacial score (nSPS) is 12.3. The number of methoxy groups -OCH3 is 1. The summed E-state index contributed by atoms with van der Waals surface area (Å²) >= 11 is 6.02. The quantitative estimate of drug-likeness (QED) is 0.931. The number of hydrogen-bond donors (Lipinski definition) is 1. The molecule has 0 aliphatic carbocycles. The lowest BCUT2D eigenvalue weighted by molar-refractivity contribution is 0.219. The van der Waals surface area contributed by atoms with Gasteiger partial charge in [-0.1, -0.05) is 23.7 Å². The highest BCUT2D eigenvalue weighted by molar-refractivity contribution is 6.31. The molecule has 0 aliphatic rings. The van der Waals surface area contributed by atoms with E-state index in [9.17, 15) is 13.9 Å². The molecule has 2 nitrogen and oxygen atoms in total. The topological polar surface area (TPSA) is 29.5 Å². The lowest BCUT2D eigenvalue weighted by Gasteiger charge is -2.14. The Hall–Kier alpha value is -1.65. The second kappa shape index (κ2) is 5.55. The fraction of sp³-hybridized carbons (Fsp3) is 0.143.